The first-order valence-corrected chi connectivity index (χ1v) is 8.37. The van der Waals surface area contributed by atoms with Crippen LogP contribution in [0.3, 0.4) is 0 Å². The third-order valence-electron chi connectivity index (χ3n) is 3.70. The molecule has 0 unspecified atom stereocenters. The number of rotatable bonds is 4. The minimum absolute atomic E-state index is 0.252. The third-order valence-corrected chi connectivity index (χ3v) is 4.17. The van der Waals surface area contributed by atoms with E-state index in [4.69, 9.17) is 23.8 Å². The number of hydrogen-bond acceptors (Lipinski definition) is 2. The minimum Gasteiger partial charge on any atom is -0.348 e. The number of halogens is 2. The largest absolute Gasteiger partial charge is 0.348 e. The van der Waals surface area contributed by atoms with Crippen LogP contribution in [0.25, 0.3) is 0 Å². The number of imidazole rings is 1. The molecule has 0 fully saturated rings. The fraction of sp³-hybridized carbons (Fsp3) is 0.111. The average Bonchev–Trinajstić information content (AvgIpc) is 3.01. The molecule has 0 aliphatic rings. The van der Waals surface area contributed by atoms with Gasteiger partial charge in [0.2, 0.25) is 0 Å². The average molecular weight is 375 g/mol. The molecule has 0 saturated heterocycles. The Morgan fingerprint density at radius 2 is 1.84 bits per heavy atom. The van der Waals surface area contributed by atoms with Gasteiger partial charge in [-0.1, -0.05) is 23.7 Å². The lowest BCUT2D eigenvalue weighted by Gasteiger charge is -2.21. The Bertz CT molecular complexity index is 862. The molecule has 0 bridgehead atoms. The van der Waals surface area contributed by atoms with Gasteiger partial charge in [-0.15, -0.1) is 0 Å². The zero-order valence-electron chi connectivity index (χ0n) is 13.4. The molecule has 0 amide bonds. The summed E-state index contributed by atoms with van der Waals surface area (Å²) >= 11 is 11.4. The van der Waals surface area contributed by atoms with E-state index in [1.807, 2.05) is 42.1 Å². The number of nitrogens with one attached hydrogen (secondary N) is 2. The number of aryl methyl sites for hydroxylation is 1. The molecule has 128 valence electrons. The fourth-order valence-electron chi connectivity index (χ4n) is 2.44. The van der Waals surface area contributed by atoms with Crippen molar-refractivity contribution in [2.45, 2.75) is 6.04 Å². The molecular formula is C18H16ClFN4S. The Kier molecular flexibility index (Phi) is 5.31. The van der Waals surface area contributed by atoms with Crippen LogP contribution in [0.4, 0.5) is 10.1 Å². The van der Waals surface area contributed by atoms with E-state index in [-0.39, 0.29) is 11.9 Å². The second-order valence-corrected chi connectivity index (χ2v) is 6.33. The van der Waals surface area contributed by atoms with Gasteiger partial charge in [-0.25, -0.2) is 9.37 Å². The van der Waals surface area contributed by atoms with Gasteiger partial charge in [-0.2, -0.15) is 0 Å². The van der Waals surface area contributed by atoms with Crippen molar-refractivity contribution in [2.75, 3.05) is 5.32 Å². The van der Waals surface area contributed by atoms with Crippen LogP contribution in [-0.2, 0) is 7.05 Å². The van der Waals surface area contributed by atoms with Crippen LogP contribution >= 0.6 is 23.8 Å². The maximum atomic E-state index is 13.0. The lowest BCUT2D eigenvalue weighted by atomic mass is 10.1. The normalized spacial score (nSPS) is 11.8. The van der Waals surface area contributed by atoms with E-state index in [1.54, 1.807) is 18.3 Å². The first kappa shape index (κ1) is 17.4. The quantitative estimate of drug-likeness (QED) is 0.668. The molecule has 0 spiro atoms. The van der Waals surface area contributed by atoms with Crippen molar-refractivity contribution in [3.05, 3.63) is 83.2 Å². The molecule has 1 atom stereocenters. The molecule has 1 aromatic heterocycles. The van der Waals surface area contributed by atoms with Gasteiger partial charge in [0.05, 0.1) is 0 Å². The highest BCUT2D eigenvalue weighted by Crippen LogP contribution is 2.22. The van der Waals surface area contributed by atoms with Crippen LogP contribution in [0.15, 0.2) is 60.9 Å². The van der Waals surface area contributed by atoms with Crippen LogP contribution in [-0.4, -0.2) is 14.7 Å². The van der Waals surface area contributed by atoms with Crippen LogP contribution in [0, 0.1) is 5.82 Å². The van der Waals surface area contributed by atoms with Gasteiger partial charge in [0.25, 0.3) is 0 Å². The number of aromatic nitrogens is 2. The summed E-state index contributed by atoms with van der Waals surface area (Å²) in [5.74, 6) is 0.516. The maximum absolute atomic E-state index is 13.0. The molecule has 0 aliphatic carbocycles. The number of anilines is 1. The van der Waals surface area contributed by atoms with Crippen molar-refractivity contribution in [1.29, 1.82) is 0 Å². The van der Waals surface area contributed by atoms with Crippen molar-refractivity contribution < 1.29 is 4.39 Å². The first-order chi connectivity index (χ1) is 12.0. The van der Waals surface area contributed by atoms with E-state index in [2.05, 4.69) is 15.6 Å². The molecule has 0 saturated carbocycles. The molecule has 2 aromatic carbocycles. The standard InChI is InChI=1S/C18H16ClFN4S/c1-24-11-10-21-17(24)16(12-2-4-13(19)5-3-12)23-18(25)22-15-8-6-14(20)7-9-15/h2-11,16H,1H3,(H2,22,23,25)/t16-/m0/s1. The Hall–Kier alpha value is -2.44. The second kappa shape index (κ2) is 7.63. The van der Waals surface area contributed by atoms with E-state index < -0.39 is 0 Å². The van der Waals surface area contributed by atoms with Gasteiger partial charge < -0.3 is 15.2 Å². The van der Waals surface area contributed by atoms with Gasteiger partial charge >= 0.3 is 0 Å². The number of benzene rings is 2. The third kappa shape index (κ3) is 4.35. The summed E-state index contributed by atoms with van der Waals surface area (Å²) in [6, 6.07) is 13.3. The molecule has 0 radical (unpaired) electrons. The van der Waals surface area contributed by atoms with E-state index in [1.165, 1.54) is 12.1 Å². The summed E-state index contributed by atoms with van der Waals surface area (Å²) in [4.78, 5) is 4.42. The molecular weight excluding hydrogens is 359 g/mol. The maximum Gasteiger partial charge on any atom is 0.171 e. The molecule has 7 heteroatoms. The van der Waals surface area contributed by atoms with E-state index >= 15 is 0 Å². The van der Waals surface area contributed by atoms with Gasteiger partial charge in [0, 0.05) is 30.2 Å². The van der Waals surface area contributed by atoms with Crippen molar-refractivity contribution in [1.82, 2.24) is 14.9 Å². The van der Waals surface area contributed by atoms with Gasteiger partial charge in [0.1, 0.15) is 17.7 Å². The molecule has 3 rings (SSSR count). The molecule has 0 aliphatic heterocycles. The summed E-state index contributed by atoms with van der Waals surface area (Å²) in [5, 5.41) is 7.39. The highest BCUT2D eigenvalue weighted by Gasteiger charge is 2.19. The number of hydrogen-bond donors (Lipinski definition) is 2. The van der Waals surface area contributed by atoms with E-state index in [0.717, 1.165) is 11.4 Å². The zero-order chi connectivity index (χ0) is 17.8. The Morgan fingerprint density at radius 1 is 1.16 bits per heavy atom. The fourth-order valence-corrected chi connectivity index (χ4v) is 2.80. The van der Waals surface area contributed by atoms with E-state index in [0.29, 0.717) is 15.8 Å². The summed E-state index contributed by atoms with van der Waals surface area (Å²) < 4.78 is 14.9. The predicted molar refractivity (Wildman–Crippen MR) is 102 cm³/mol. The lowest BCUT2D eigenvalue weighted by Crippen LogP contribution is -2.34. The SMILES string of the molecule is Cn1ccnc1[C@@H](NC(=S)Nc1ccc(F)cc1)c1ccc(Cl)cc1. The Balaban J connectivity index is 1.82. The van der Waals surface area contributed by atoms with Crippen LogP contribution < -0.4 is 10.6 Å². The van der Waals surface area contributed by atoms with Crippen LogP contribution in [0.2, 0.25) is 5.02 Å². The Labute approximate surface area is 155 Å². The molecule has 1 heterocycles. The first-order valence-electron chi connectivity index (χ1n) is 7.59. The predicted octanol–water partition coefficient (Wildman–Crippen LogP) is 4.29. The lowest BCUT2D eigenvalue weighted by molar-refractivity contribution is 0.628. The van der Waals surface area contributed by atoms with Gasteiger partial charge in [0.15, 0.2) is 5.11 Å². The molecule has 3 aromatic rings. The smallest absolute Gasteiger partial charge is 0.171 e. The molecule has 2 N–H and O–H groups in total. The van der Waals surface area contributed by atoms with Crippen LogP contribution in [0.5, 0.6) is 0 Å². The van der Waals surface area contributed by atoms with Crippen molar-refractivity contribution in [3.8, 4) is 0 Å². The van der Waals surface area contributed by atoms with Crippen molar-refractivity contribution >= 4 is 34.6 Å². The zero-order valence-corrected chi connectivity index (χ0v) is 15.0. The highest BCUT2D eigenvalue weighted by atomic mass is 35.5. The molecule has 4 nitrogen and oxygen atoms in total. The van der Waals surface area contributed by atoms with Gasteiger partial charge in [-0.05, 0) is 54.2 Å². The second-order valence-electron chi connectivity index (χ2n) is 5.49. The summed E-state index contributed by atoms with van der Waals surface area (Å²) in [5.41, 5.74) is 1.68. The van der Waals surface area contributed by atoms with Crippen molar-refractivity contribution in [2.24, 2.45) is 7.05 Å². The number of thiocarbonyl (C=S) groups is 1. The Morgan fingerprint density at radius 3 is 2.44 bits per heavy atom. The highest BCUT2D eigenvalue weighted by molar-refractivity contribution is 7.80. The van der Waals surface area contributed by atoms with Crippen LogP contribution in [0.1, 0.15) is 17.4 Å². The summed E-state index contributed by atoms with van der Waals surface area (Å²) in [6.07, 6.45) is 3.60. The monoisotopic (exact) mass is 374 g/mol. The topological polar surface area (TPSA) is 41.9 Å². The summed E-state index contributed by atoms with van der Waals surface area (Å²) in [7, 11) is 1.92. The summed E-state index contributed by atoms with van der Waals surface area (Å²) in [6.45, 7) is 0. The van der Waals surface area contributed by atoms with Crippen molar-refractivity contribution in [3.63, 3.8) is 0 Å². The number of nitrogens with zero attached hydrogens (tertiary/aromatic N) is 2. The molecule has 25 heavy (non-hydrogen) atoms. The van der Waals surface area contributed by atoms with E-state index in [9.17, 15) is 4.39 Å². The van der Waals surface area contributed by atoms with Gasteiger partial charge in [-0.3, -0.25) is 0 Å². The minimum atomic E-state index is -0.295.